The maximum Gasteiger partial charge on any atom is 0.245 e. The molecule has 21 heavy (non-hydrogen) atoms. The van der Waals surface area contributed by atoms with Gasteiger partial charge in [-0.2, -0.15) is 4.98 Å². The highest BCUT2D eigenvalue weighted by atomic mass is 15.4. The Morgan fingerprint density at radius 1 is 1.29 bits per heavy atom. The van der Waals surface area contributed by atoms with Gasteiger partial charge in [0, 0.05) is 18.7 Å². The third-order valence-electron chi connectivity index (χ3n) is 4.26. The highest BCUT2D eigenvalue weighted by molar-refractivity contribution is 5.60. The van der Waals surface area contributed by atoms with Gasteiger partial charge in [0.05, 0.1) is 0 Å². The van der Waals surface area contributed by atoms with E-state index in [1.165, 1.54) is 18.4 Å². The number of nitrogens with one attached hydrogen (secondary N) is 2. The van der Waals surface area contributed by atoms with Crippen LogP contribution in [0.5, 0.6) is 0 Å². The van der Waals surface area contributed by atoms with Crippen molar-refractivity contribution in [1.29, 1.82) is 0 Å². The van der Waals surface area contributed by atoms with Gasteiger partial charge >= 0.3 is 0 Å². The standard InChI is InChI=1S/C16H23N5/c1-12-5-3-4-6-14(12)15-18-16(20-19-15)21-9-7-13(8-10-21)11-17-2/h3-6,13,17H,7-11H2,1-2H3,(H,18,19,20). The lowest BCUT2D eigenvalue weighted by Crippen LogP contribution is -2.37. The molecule has 112 valence electrons. The van der Waals surface area contributed by atoms with E-state index in [1.54, 1.807) is 0 Å². The first-order valence-corrected chi connectivity index (χ1v) is 7.66. The molecule has 1 aliphatic heterocycles. The van der Waals surface area contributed by atoms with Crippen LogP contribution in [0.3, 0.4) is 0 Å². The number of aromatic amines is 1. The molecule has 0 amide bonds. The van der Waals surface area contributed by atoms with Crippen molar-refractivity contribution in [3.8, 4) is 11.4 Å². The van der Waals surface area contributed by atoms with Crippen LogP contribution in [0.25, 0.3) is 11.4 Å². The second-order valence-corrected chi connectivity index (χ2v) is 5.79. The Hall–Kier alpha value is -1.88. The summed E-state index contributed by atoms with van der Waals surface area (Å²) in [4.78, 5) is 6.96. The predicted octanol–water partition coefficient (Wildman–Crippen LogP) is 2.22. The quantitative estimate of drug-likeness (QED) is 0.904. The fourth-order valence-electron chi connectivity index (χ4n) is 2.98. The third kappa shape index (κ3) is 3.08. The lowest BCUT2D eigenvalue weighted by molar-refractivity contribution is 0.391. The van der Waals surface area contributed by atoms with Crippen molar-refractivity contribution < 1.29 is 0 Å². The highest BCUT2D eigenvalue weighted by Gasteiger charge is 2.21. The molecule has 1 aliphatic rings. The van der Waals surface area contributed by atoms with E-state index in [-0.39, 0.29) is 0 Å². The number of piperidine rings is 1. The average Bonchev–Trinajstić information content (AvgIpc) is 2.98. The smallest absolute Gasteiger partial charge is 0.245 e. The van der Waals surface area contributed by atoms with Crippen molar-refractivity contribution >= 4 is 5.95 Å². The number of hydrogen-bond donors (Lipinski definition) is 2. The molecule has 0 saturated carbocycles. The Labute approximate surface area is 125 Å². The molecular weight excluding hydrogens is 262 g/mol. The zero-order valence-electron chi connectivity index (χ0n) is 12.8. The first-order valence-electron chi connectivity index (χ1n) is 7.66. The van der Waals surface area contributed by atoms with Crippen LogP contribution in [-0.4, -0.2) is 41.9 Å². The van der Waals surface area contributed by atoms with Gasteiger partial charge in [-0.25, -0.2) is 0 Å². The summed E-state index contributed by atoms with van der Waals surface area (Å²) >= 11 is 0. The van der Waals surface area contributed by atoms with Crippen LogP contribution in [0.2, 0.25) is 0 Å². The second kappa shape index (κ2) is 6.26. The Kier molecular flexibility index (Phi) is 4.20. The van der Waals surface area contributed by atoms with Gasteiger partial charge in [0.25, 0.3) is 0 Å². The molecule has 5 nitrogen and oxygen atoms in total. The van der Waals surface area contributed by atoms with Crippen LogP contribution in [0.4, 0.5) is 5.95 Å². The summed E-state index contributed by atoms with van der Waals surface area (Å²) in [5.41, 5.74) is 2.34. The molecule has 3 rings (SSSR count). The molecule has 1 aromatic carbocycles. The minimum absolute atomic E-state index is 0.779. The lowest BCUT2D eigenvalue weighted by Gasteiger charge is -2.30. The van der Waals surface area contributed by atoms with Gasteiger partial charge in [0.15, 0.2) is 5.82 Å². The SMILES string of the molecule is CNCC1CCN(c2n[nH]c(-c3ccccc3C)n2)CC1. The van der Waals surface area contributed by atoms with Gasteiger partial charge in [-0.15, -0.1) is 5.10 Å². The maximum atomic E-state index is 4.68. The Morgan fingerprint density at radius 2 is 2.05 bits per heavy atom. The van der Waals surface area contributed by atoms with Gasteiger partial charge in [0.2, 0.25) is 5.95 Å². The lowest BCUT2D eigenvalue weighted by atomic mass is 9.97. The van der Waals surface area contributed by atoms with Crippen molar-refractivity contribution in [3.63, 3.8) is 0 Å². The molecule has 2 aromatic rings. The van der Waals surface area contributed by atoms with E-state index in [0.29, 0.717) is 0 Å². The topological polar surface area (TPSA) is 56.8 Å². The van der Waals surface area contributed by atoms with Crippen LogP contribution < -0.4 is 10.2 Å². The van der Waals surface area contributed by atoms with E-state index in [4.69, 9.17) is 0 Å². The molecule has 0 bridgehead atoms. The predicted molar refractivity (Wildman–Crippen MR) is 85.4 cm³/mol. The molecule has 2 N–H and O–H groups in total. The van der Waals surface area contributed by atoms with Gasteiger partial charge in [-0.1, -0.05) is 24.3 Å². The van der Waals surface area contributed by atoms with Crippen molar-refractivity contribution in [3.05, 3.63) is 29.8 Å². The summed E-state index contributed by atoms with van der Waals surface area (Å²) in [7, 11) is 2.02. The molecule has 0 unspecified atom stereocenters. The van der Waals surface area contributed by atoms with Crippen LogP contribution >= 0.6 is 0 Å². The normalized spacial score (nSPS) is 16.4. The monoisotopic (exact) mass is 285 g/mol. The molecule has 1 saturated heterocycles. The van der Waals surface area contributed by atoms with E-state index < -0.39 is 0 Å². The van der Waals surface area contributed by atoms with Gasteiger partial charge < -0.3 is 10.2 Å². The first kappa shape index (κ1) is 14.1. The largest absolute Gasteiger partial charge is 0.340 e. The van der Waals surface area contributed by atoms with Crippen LogP contribution in [0, 0.1) is 12.8 Å². The number of anilines is 1. The van der Waals surface area contributed by atoms with E-state index in [0.717, 1.165) is 42.9 Å². The van der Waals surface area contributed by atoms with Crippen molar-refractivity contribution in [2.75, 3.05) is 31.6 Å². The number of benzene rings is 1. The first-order chi connectivity index (χ1) is 10.3. The Morgan fingerprint density at radius 3 is 2.76 bits per heavy atom. The van der Waals surface area contributed by atoms with Gasteiger partial charge in [-0.3, -0.25) is 5.10 Å². The molecule has 1 fully saturated rings. The maximum absolute atomic E-state index is 4.68. The van der Waals surface area contributed by atoms with Crippen molar-refractivity contribution in [2.24, 2.45) is 5.92 Å². The van der Waals surface area contributed by atoms with Crippen LogP contribution in [-0.2, 0) is 0 Å². The van der Waals surface area contributed by atoms with Crippen molar-refractivity contribution in [2.45, 2.75) is 19.8 Å². The highest BCUT2D eigenvalue weighted by Crippen LogP contribution is 2.24. The summed E-state index contributed by atoms with van der Waals surface area (Å²) < 4.78 is 0. The van der Waals surface area contributed by atoms with E-state index in [9.17, 15) is 0 Å². The summed E-state index contributed by atoms with van der Waals surface area (Å²) in [6.07, 6.45) is 2.41. The number of H-pyrrole nitrogens is 1. The number of rotatable bonds is 4. The zero-order chi connectivity index (χ0) is 14.7. The Bertz CT molecular complexity index is 584. The molecule has 2 heterocycles. The average molecular weight is 285 g/mol. The minimum Gasteiger partial charge on any atom is -0.340 e. The summed E-state index contributed by atoms with van der Waals surface area (Å²) in [6.45, 7) is 5.28. The summed E-state index contributed by atoms with van der Waals surface area (Å²) in [6, 6.07) is 8.26. The number of aryl methyl sites for hydroxylation is 1. The fraction of sp³-hybridized carbons (Fsp3) is 0.500. The third-order valence-corrected chi connectivity index (χ3v) is 4.26. The van der Waals surface area contributed by atoms with E-state index in [2.05, 4.69) is 44.5 Å². The van der Waals surface area contributed by atoms with E-state index in [1.807, 2.05) is 19.2 Å². The molecule has 5 heteroatoms. The molecule has 0 radical (unpaired) electrons. The van der Waals surface area contributed by atoms with Gasteiger partial charge in [-0.05, 0) is 44.8 Å². The number of hydrogen-bond acceptors (Lipinski definition) is 4. The number of nitrogens with zero attached hydrogens (tertiary/aromatic N) is 3. The summed E-state index contributed by atoms with van der Waals surface area (Å²) in [5, 5.41) is 10.8. The van der Waals surface area contributed by atoms with Gasteiger partial charge in [0.1, 0.15) is 0 Å². The Balaban J connectivity index is 1.70. The van der Waals surface area contributed by atoms with Crippen LogP contribution in [0.15, 0.2) is 24.3 Å². The van der Waals surface area contributed by atoms with Crippen molar-refractivity contribution in [1.82, 2.24) is 20.5 Å². The molecule has 0 atom stereocenters. The number of aromatic nitrogens is 3. The zero-order valence-corrected chi connectivity index (χ0v) is 12.8. The van der Waals surface area contributed by atoms with E-state index >= 15 is 0 Å². The second-order valence-electron chi connectivity index (χ2n) is 5.79. The molecular formula is C16H23N5. The molecule has 0 spiro atoms. The summed E-state index contributed by atoms with van der Waals surface area (Å²) in [5.74, 6) is 2.47. The van der Waals surface area contributed by atoms with Crippen LogP contribution in [0.1, 0.15) is 18.4 Å². The fourth-order valence-corrected chi connectivity index (χ4v) is 2.98. The molecule has 1 aromatic heterocycles. The minimum atomic E-state index is 0.779. The molecule has 0 aliphatic carbocycles.